The van der Waals surface area contributed by atoms with Gasteiger partial charge in [0.05, 0.1) is 0 Å². The summed E-state index contributed by atoms with van der Waals surface area (Å²) in [5.41, 5.74) is 6.06. The van der Waals surface area contributed by atoms with Gasteiger partial charge in [0, 0.05) is 28.3 Å². The maximum absolute atomic E-state index is 12.7. The van der Waals surface area contributed by atoms with Crippen LogP contribution in [-0.2, 0) is 0 Å². The molecule has 1 heterocycles. The van der Waals surface area contributed by atoms with Crippen LogP contribution in [0.5, 0.6) is 0 Å². The first-order valence-electron chi connectivity index (χ1n) is 8.49. The predicted octanol–water partition coefficient (Wildman–Crippen LogP) is 4.71. The van der Waals surface area contributed by atoms with Crippen molar-refractivity contribution in [1.82, 2.24) is 9.97 Å². The van der Waals surface area contributed by atoms with Gasteiger partial charge in [0.2, 0.25) is 5.95 Å². The number of nitrogens with one attached hydrogen (secondary N) is 2. The van der Waals surface area contributed by atoms with Gasteiger partial charge in [-0.1, -0.05) is 24.3 Å². The van der Waals surface area contributed by atoms with Crippen LogP contribution in [0.3, 0.4) is 0 Å². The zero-order chi connectivity index (χ0) is 18.7. The molecule has 0 aliphatic rings. The van der Waals surface area contributed by atoms with E-state index in [1.165, 1.54) is 0 Å². The van der Waals surface area contributed by atoms with Crippen LogP contribution < -0.4 is 10.6 Å². The molecule has 0 fully saturated rings. The number of benzene rings is 2. The summed E-state index contributed by atoms with van der Waals surface area (Å²) in [6.07, 6.45) is 0. The van der Waals surface area contributed by atoms with Crippen LogP contribution in [-0.4, -0.2) is 15.9 Å². The van der Waals surface area contributed by atoms with E-state index >= 15 is 0 Å². The van der Waals surface area contributed by atoms with Crippen molar-refractivity contribution in [3.8, 4) is 0 Å². The number of nitrogens with zero attached hydrogens (tertiary/aromatic N) is 2. The maximum atomic E-state index is 12.7. The summed E-state index contributed by atoms with van der Waals surface area (Å²) in [5, 5.41) is 6.17. The van der Waals surface area contributed by atoms with Gasteiger partial charge >= 0.3 is 0 Å². The van der Waals surface area contributed by atoms with E-state index in [1.54, 1.807) is 12.1 Å². The number of hydrogen-bond donors (Lipinski definition) is 2. The minimum atomic E-state index is -0.146. The van der Waals surface area contributed by atoms with E-state index < -0.39 is 0 Å². The molecule has 132 valence electrons. The van der Waals surface area contributed by atoms with Gasteiger partial charge in [0.15, 0.2) is 0 Å². The van der Waals surface area contributed by atoms with E-state index in [9.17, 15) is 4.79 Å². The Labute approximate surface area is 153 Å². The molecule has 26 heavy (non-hydrogen) atoms. The molecule has 0 aliphatic carbocycles. The molecule has 2 N–H and O–H groups in total. The average molecular weight is 346 g/mol. The second-order valence-corrected chi connectivity index (χ2v) is 6.40. The summed E-state index contributed by atoms with van der Waals surface area (Å²) in [4.78, 5) is 21.4. The van der Waals surface area contributed by atoms with Crippen LogP contribution in [0.15, 0.2) is 48.5 Å². The van der Waals surface area contributed by atoms with E-state index in [-0.39, 0.29) is 5.91 Å². The van der Waals surface area contributed by atoms with Crippen LogP contribution in [0.2, 0.25) is 0 Å². The van der Waals surface area contributed by atoms with E-state index in [4.69, 9.17) is 0 Å². The quantitative estimate of drug-likeness (QED) is 0.718. The Kier molecular flexibility index (Phi) is 4.98. The Bertz CT molecular complexity index is 925. The van der Waals surface area contributed by atoms with Crippen LogP contribution in [0.1, 0.15) is 32.9 Å². The standard InChI is InChI=1S/C21H22N4O/c1-13-7-5-8-14(2)19(13)25-20(26)17-9-6-10-18(12-17)24-21-22-15(3)11-16(4)23-21/h5-12H,1-4H3,(H,25,26)(H,22,23,24). The summed E-state index contributed by atoms with van der Waals surface area (Å²) in [6.45, 7) is 7.82. The number of anilines is 3. The van der Waals surface area contributed by atoms with Crippen molar-refractivity contribution >= 4 is 23.2 Å². The Morgan fingerprint density at radius 3 is 2.12 bits per heavy atom. The van der Waals surface area contributed by atoms with E-state index in [1.807, 2.05) is 64.1 Å². The molecule has 0 spiro atoms. The van der Waals surface area contributed by atoms with Crippen molar-refractivity contribution < 1.29 is 4.79 Å². The molecule has 2 aromatic carbocycles. The zero-order valence-corrected chi connectivity index (χ0v) is 15.4. The summed E-state index contributed by atoms with van der Waals surface area (Å²) < 4.78 is 0. The lowest BCUT2D eigenvalue weighted by Gasteiger charge is -2.12. The van der Waals surface area contributed by atoms with Gasteiger partial charge in [-0.05, 0) is 63.1 Å². The lowest BCUT2D eigenvalue weighted by Crippen LogP contribution is -2.14. The molecule has 1 aromatic heterocycles. The topological polar surface area (TPSA) is 66.9 Å². The predicted molar refractivity (Wildman–Crippen MR) is 105 cm³/mol. The average Bonchev–Trinajstić information content (AvgIpc) is 2.57. The first-order chi connectivity index (χ1) is 12.4. The lowest BCUT2D eigenvalue weighted by atomic mass is 10.1. The molecule has 0 radical (unpaired) electrons. The largest absolute Gasteiger partial charge is 0.324 e. The molecular weight excluding hydrogens is 324 g/mol. The second kappa shape index (κ2) is 7.35. The zero-order valence-electron chi connectivity index (χ0n) is 15.4. The fraction of sp³-hybridized carbons (Fsp3) is 0.190. The number of carbonyl (C=O) groups excluding carboxylic acids is 1. The summed E-state index contributed by atoms with van der Waals surface area (Å²) in [5.74, 6) is 0.377. The van der Waals surface area contributed by atoms with Gasteiger partial charge in [-0.2, -0.15) is 0 Å². The highest BCUT2D eigenvalue weighted by Gasteiger charge is 2.10. The molecule has 5 heteroatoms. The smallest absolute Gasteiger partial charge is 0.255 e. The Morgan fingerprint density at radius 1 is 0.846 bits per heavy atom. The van der Waals surface area contributed by atoms with Crippen LogP contribution >= 0.6 is 0 Å². The van der Waals surface area contributed by atoms with Crippen molar-refractivity contribution in [2.75, 3.05) is 10.6 Å². The summed E-state index contributed by atoms with van der Waals surface area (Å²) >= 11 is 0. The highest BCUT2D eigenvalue weighted by Crippen LogP contribution is 2.21. The Hall–Kier alpha value is -3.21. The van der Waals surface area contributed by atoms with Crippen LogP contribution in [0.4, 0.5) is 17.3 Å². The summed E-state index contributed by atoms with van der Waals surface area (Å²) in [7, 11) is 0. The molecule has 1 amide bonds. The minimum Gasteiger partial charge on any atom is -0.324 e. The van der Waals surface area contributed by atoms with Crippen molar-refractivity contribution in [2.24, 2.45) is 0 Å². The van der Waals surface area contributed by atoms with Crippen LogP contribution in [0, 0.1) is 27.7 Å². The molecule has 5 nitrogen and oxygen atoms in total. The van der Waals surface area contributed by atoms with Gasteiger partial charge in [-0.25, -0.2) is 9.97 Å². The molecule has 0 unspecified atom stereocenters. The van der Waals surface area contributed by atoms with Gasteiger partial charge in [-0.3, -0.25) is 4.79 Å². The van der Waals surface area contributed by atoms with Gasteiger partial charge < -0.3 is 10.6 Å². The monoisotopic (exact) mass is 346 g/mol. The number of para-hydroxylation sites is 1. The normalized spacial score (nSPS) is 10.5. The van der Waals surface area contributed by atoms with Crippen LogP contribution in [0.25, 0.3) is 0 Å². The minimum absolute atomic E-state index is 0.146. The molecular formula is C21H22N4O. The first-order valence-corrected chi connectivity index (χ1v) is 8.49. The molecule has 0 saturated heterocycles. The number of hydrogen-bond acceptors (Lipinski definition) is 4. The fourth-order valence-corrected chi connectivity index (χ4v) is 2.85. The Morgan fingerprint density at radius 2 is 1.46 bits per heavy atom. The number of carbonyl (C=O) groups is 1. The molecule has 0 saturated carbocycles. The molecule has 0 aliphatic heterocycles. The second-order valence-electron chi connectivity index (χ2n) is 6.40. The maximum Gasteiger partial charge on any atom is 0.255 e. The van der Waals surface area contributed by atoms with Crippen molar-refractivity contribution in [3.63, 3.8) is 0 Å². The van der Waals surface area contributed by atoms with Crippen molar-refractivity contribution in [3.05, 3.63) is 76.6 Å². The first kappa shape index (κ1) is 17.6. The lowest BCUT2D eigenvalue weighted by molar-refractivity contribution is 0.102. The highest BCUT2D eigenvalue weighted by molar-refractivity contribution is 6.05. The fourth-order valence-electron chi connectivity index (χ4n) is 2.85. The van der Waals surface area contributed by atoms with Gasteiger partial charge in [0.25, 0.3) is 5.91 Å². The van der Waals surface area contributed by atoms with Gasteiger partial charge in [0.1, 0.15) is 0 Å². The SMILES string of the molecule is Cc1cc(C)nc(Nc2cccc(C(=O)Nc3c(C)cccc3C)c2)n1. The number of amides is 1. The molecule has 3 rings (SSSR count). The van der Waals surface area contributed by atoms with E-state index in [0.29, 0.717) is 11.5 Å². The number of rotatable bonds is 4. The van der Waals surface area contributed by atoms with Gasteiger partial charge in [-0.15, -0.1) is 0 Å². The molecule has 3 aromatic rings. The van der Waals surface area contributed by atoms with E-state index in [0.717, 1.165) is 33.9 Å². The van der Waals surface area contributed by atoms with E-state index in [2.05, 4.69) is 20.6 Å². The summed E-state index contributed by atoms with van der Waals surface area (Å²) in [6, 6.07) is 15.2. The van der Waals surface area contributed by atoms with Crippen molar-refractivity contribution in [1.29, 1.82) is 0 Å². The highest BCUT2D eigenvalue weighted by atomic mass is 16.1. The third kappa shape index (κ3) is 4.06. The van der Waals surface area contributed by atoms with Crippen molar-refractivity contribution in [2.45, 2.75) is 27.7 Å². The Balaban J connectivity index is 1.81. The molecule has 0 bridgehead atoms. The molecule has 0 atom stereocenters. The number of aryl methyl sites for hydroxylation is 4. The third-order valence-corrected chi connectivity index (χ3v) is 4.08. The third-order valence-electron chi connectivity index (χ3n) is 4.08. The number of aromatic nitrogens is 2.